The molecule has 1 amide bonds. The number of nitrogens with zero attached hydrogens (tertiary/aromatic N) is 1. The number of sulfonamides is 1. The van der Waals surface area contributed by atoms with Crippen molar-refractivity contribution in [3.63, 3.8) is 0 Å². The molecule has 1 aromatic heterocycles. The quantitative estimate of drug-likeness (QED) is 0.396. The molecule has 0 bridgehead atoms. The minimum atomic E-state index is -3.95. The van der Waals surface area contributed by atoms with Gasteiger partial charge in [-0.3, -0.25) is 4.79 Å². The van der Waals surface area contributed by atoms with E-state index in [1.165, 1.54) is 34.4 Å². The maximum Gasteiger partial charge on any atom is 0.245 e. The molecule has 1 N–H and O–H groups in total. The van der Waals surface area contributed by atoms with E-state index in [4.69, 9.17) is 11.6 Å². The molecule has 168 valence electrons. The number of hydrogen-bond acceptors (Lipinski definition) is 4. The Morgan fingerprint density at radius 3 is 2.55 bits per heavy atom. The number of rotatable bonds is 5. The molecular formula is C24H18ClFN2O3S2. The minimum absolute atomic E-state index is 0.0508. The van der Waals surface area contributed by atoms with Crippen LogP contribution in [-0.2, 0) is 14.8 Å². The Labute approximate surface area is 199 Å². The maximum absolute atomic E-state index is 14.8. The Morgan fingerprint density at radius 2 is 1.79 bits per heavy atom. The highest BCUT2D eigenvalue weighted by atomic mass is 35.5. The van der Waals surface area contributed by atoms with Gasteiger partial charge in [0.05, 0.1) is 10.6 Å². The summed E-state index contributed by atoms with van der Waals surface area (Å²) in [7, 11) is -3.95. The second-order valence-electron chi connectivity index (χ2n) is 7.78. The van der Waals surface area contributed by atoms with Gasteiger partial charge in [-0.2, -0.15) is 16.1 Å². The van der Waals surface area contributed by atoms with Crippen LogP contribution >= 0.6 is 22.9 Å². The first-order valence-electron chi connectivity index (χ1n) is 10.2. The van der Waals surface area contributed by atoms with Crippen molar-refractivity contribution in [3.8, 4) is 11.1 Å². The fourth-order valence-corrected chi connectivity index (χ4v) is 6.08. The summed E-state index contributed by atoms with van der Waals surface area (Å²) in [6.45, 7) is 0.219. The molecule has 5 rings (SSSR count). The van der Waals surface area contributed by atoms with E-state index in [-0.39, 0.29) is 23.5 Å². The molecule has 0 saturated carbocycles. The molecule has 0 radical (unpaired) electrons. The van der Waals surface area contributed by atoms with Gasteiger partial charge in [-0.25, -0.2) is 12.8 Å². The zero-order chi connectivity index (χ0) is 23.2. The third-order valence-electron chi connectivity index (χ3n) is 5.68. The predicted molar refractivity (Wildman–Crippen MR) is 130 cm³/mol. The largest absolute Gasteiger partial charge is 0.308 e. The number of hydrogen-bond donors (Lipinski definition) is 1. The summed E-state index contributed by atoms with van der Waals surface area (Å²) in [5, 5.41) is 5.91. The van der Waals surface area contributed by atoms with Crippen LogP contribution in [0.5, 0.6) is 0 Å². The van der Waals surface area contributed by atoms with E-state index in [0.717, 1.165) is 21.9 Å². The lowest BCUT2D eigenvalue weighted by molar-refractivity contribution is -0.118. The van der Waals surface area contributed by atoms with Crippen LogP contribution in [0.3, 0.4) is 0 Å². The molecule has 0 aliphatic carbocycles. The summed E-state index contributed by atoms with van der Waals surface area (Å²) in [5.41, 5.74) is 1.77. The maximum atomic E-state index is 14.8. The van der Waals surface area contributed by atoms with Crippen LogP contribution in [0.25, 0.3) is 21.9 Å². The van der Waals surface area contributed by atoms with Gasteiger partial charge < -0.3 is 4.90 Å². The number of benzene rings is 3. The Morgan fingerprint density at radius 1 is 1.00 bits per heavy atom. The number of carbonyl (C=O) groups is 1. The van der Waals surface area contributed by atoms with Crippen LogP contribution in [-0.4, -0.2) is 26.9 Å². The predicted octanol–water partition coefficient (Wildman–Crippen LogP) is 5.44. The van der Waals surface area contributed by atoms with Gasteiger partial charge in [0.15, 0.2) is 0 Å². The molecule has 1 aliphatic rings. The van der Waals surface area contributed by atoms with Crippen molar-refractivity contribution in [2.45, 2.75) is 17.4 Å². The first-order chi connectivity index (χ1) is 15.8. The number of anilines is 1. The second-order valence-corrected chi connectivity index (χ2v) is 10.7. The normalized spacial score (nSPS) is 16.6. The van der Waals surface area contributed by atoms with Crippen molar-refractivity contribution in [1.82, 2.24) is 4.72 Å². The second kappa shape index (κ2) is 8.53. The zero-order valence-electron chi connectivity index (χ0n) is 17.2. The molecule has 33 heavy (non-hydrogen) atoms. The smallest absolute Gasteiger partial charge is 0.245 e. The summed E-state index contributed by atoms with van der Waals surface area (Å²) in [4.78, 5) is 14.3. The minimum Gasteiger partial charge on any atom is -0.308 e. The van der Waals surface area contributed by atoms with Crippen molar-refractivity contribution < 1.29 is 17.6 Å². The van der Waals surface area contributed by atoms with Crippen molar-refractivity contribution in [3.05, 3.63) is 82.3 Å². The van der Waals surface area contributed by atoms with E-state index in [1.807, 2.05) is 16.8 Å². The summed E-state index contributed by atoms with van der Waals surface area (Å²) < 4.78 is 43.2. The average Bonchev–Trinajstić information content (AvgIpc) is 3.44. The topological polar surface area (TPSA) is 66.5 Å². The van der Waals surface area contributed by atoms with E-state index >= 15 is 0 Å². The van der Waals surface area contributed by atoms with E-state index in [0.29, 0.717) is 5.02 Å². The van der Waals surface area contributed by atoms with Gasteiger partial charge in [-0.1, -0.05) is 29.8 Å². The molecule has 5 nitrogen and oxygen atoms in total. The fraction of sp³-hybridized carbons (Fsp3) is 0.125. The zero-order valence-corrected chi connectivity index (χ0v) is 19.6. The van der Waals surface area contributed by atoms with E-state index in [1.54, 1.807) is 36.4 Å². The Hall–Kier alpha value is -2.78. The standard InChI is InChI=1S/C24H18ClFN2O3S2/c25-19-4-1-16-12-20(5-2-15(16)11-19)33(30,31)27-22-7-9-28(24(22)29)23-6-3-17(13-21(23)26)18-8-10-32-14-18/h1-6,8,10-14,22,27H,7,9H2. The molecule has 3 aromatic carbocycles. The van der Waals surface area contributed by atoms with Gasteiger partial charge in [0.25, 0.3) is 0 Å². The molecule has 9 heteroatoms. The highest BCUT2D eigenvalue weighted by Gasteiger charge is 2.36. The van der Waals surface area contributed by atoms with Crippen LogP contribution in [0.4, 0.5) is 10.1 Å². The lowest BCUT2D eigenvalue weighted by Gasteiger charge is -2.18. The fourth-order valence-electron chi connectivity index (χ4n) is 3.98. The Bertz CT molecular complexity index is 1470. The molecule has 2 heterocycles. The van der Waals surface area contributed by atoms with Crippen molar-refractivity contribution in [2.24, 2.45) is 0 Å². The van der Waals surface area contributed by atoms with Crippen molar-refractivity contribution in [1.29, 1.82) is 0 Å². The first-order valence-corrected chi connectivity index (χ1v) is 13.0. The molecular weight excluding hydrogens is 483 g/mol. The summed E-state index contributed by atoms with van der Waals surface area (Å²) >= 11 is 7.51. The number of nitrogens with one attached hydrogen (secondary N) is 1. The SMILES string of the molecule is O=C1C(NS(=O)(=O)c2ccc3cc(Cl)ccc3c2)CCN1c1ccc(-c2ccsc2)cc1F. The van der Waals surface area contributed by atoms with E-state index in [2.05, 4.69) is 4.72 Å². The van der Waals surface area contributed by atoms with Crippen LogP contribution in [0.15, 0.2) is 76.3 Å². The molecule has 1 atom stereocenters. The number of fused-ring (bicyclic) bond motifs is 1. The average molecular weight is 501 g/mol. The van der Waals surface area contributed by atoms with E-state index < -0.39 is 27.8 Å². The first kappa shape index (κ1) is 22.0. The highest BCUT2D eigenvalue weighted by molar-refractivity contribution is 7.89. The Balaban J connectivity index is 1.36. The van der Waals surface area contributed by atoms with Crippen LogP contribution in [0.1, 0.15) is 6.42 Å². The molecule has 0 spiro atoms. The van der Waals surface area contributed by atoms with Crippen molar-refractivity contribution >= 4 is 55.3 Å². The monoisotopic (exact) mass is 500 g/mol. The third-order valence-corrected chi connectivity index (χ3v) is 8.07. The summed E-state index contributed by atoms with van der Waals surface area (Å²) in [6.07, 6.45) is 0.243. The number of carbonyl (C=O) groups excluding carboxylic acids is 1. The summed E-state index contributed by atoms with van der Waals surface area (Å²) in [5.74, 6) is -1.00. The molecule has 1 unspecified atom stereocenters. The molecule has 1 fully saturated rings. The van der Waals surface area contributed by atoms with Gasteiger partial charge in [-0.15, -0.1) is 0 Å². The molecule has 4 aromatic rings. The Kier molecular flexibility index (Phi) is 5.70. The van der Waals surface area contributed by atoms with Crippen LogP contribution < -0.4 is 9.62 Å². The van der Waals surface area contributed by atoms with Gasteiger partial charge in [0.2, 0.25) is 15.9 Å². The number of amides is 1. The van der Waals surface area contributed by atoms with Gasteiger partial charge >= 0.3 is 0 Å². The van der Waals surface area contributed by atoms with Crippen LogP contribution in [0.2, 0.25) is 5.02 Å². The summed E-state index contributed by atoms with van der Waals surface area (Å²) in [6, 6.07) is 15.5. The third kappa shape index (κ3) is 4.27. The van der Waals surface area contributed by atoms with Crippen LogP contribution in [0, 0.1) is 5.82 Å². The molecule has 1 saturated heterocycles. The number of halogens is 2. The van der Waals surface area contributed by atoms with Gasteiger partial charge in [0, 0.05) is 11.6 Å². The van der Waals surface area contributed by atoms with E-state index in [9.17, 15) is 17.6 Å². The lowest BCUT2D eigenvalue weighted by Crippen LogP contribution is -2.41. The molecule has 1 aliphatic heterocycles. The number of thiophene rings is 1. The highest BCUT2D eigenvalue weighted by Crippen LogP contribution is 2.31. The lowest BCUT2D eigenvalue weighted by atomic mass is 10.1. The van der Waals surface area contributed by atoms with Gasteiger partial charge in [0.1, 0.15) is 11.9 Å². The van der Waals surface area contributed by atoms with Crippen molar-refractivity contribution in [2.75, 3.05) is 11.4 Å². The van der Waals surface area contributed by atoms with Gasteiger partial charge in [-0.05, 0) is 81.5 Å².